The summed E-state index contributed by atoms with van der Waals surface area (Å²) in [7, 11) is 0. The predicted molar refractivity (Wildman–Crippen MR) is 57.4 cm³/mol. The van der Waals surface area contributed by atoms with Crippen LogP contribution in [-0.4, -0.2) is 11.7 Å². The van der Waals surface area contributed by atoms with Gasteiger partial charge in [0, 0.05) is 0 Å². The van der Waals surface area contributed by atoms with Crippen LogP contribution in [0.2, 0.25) is 0 Å². The first kappa shape index (κ1) is 10.8. The van der Waals surface area contributed by atoms with Crippen LogP contribution in [0, 0.1) is 0 Å². The second kappa shape index (κ2) is 5.45. The zero-order valence-electron chi connectivity index (χ0n) is 8.60. The predicted octanol–water partition coefficient (Wildman–Crippen LogP) is 2.69. The van der Waals surface area contributed by atoms with E-state index in [0.717, 1.165) is 11.3 Å². The minimum absolute atomic E-state index is 0.444. The standard InChI is InChI=1S/C12H16O2/c1-3-4-8-14-12-7-5-6-11(9-12)10(2)13/h3-7,9-10,13H,8H2,1-2H3/b4-3+. The fourth-order valence-corrected chi connectivity index (χ4v) is 1.10. The van der Waals surface area contributed by atoms with Gasteiger partial charge in [-0.25, -0.2) is 0 Å². The summed E-state index contributed by atoms with van der Waals surface area (Å²) in [5, 5.41) is 9.35. The first-order valence-electron chi connectivity index (χ1n) is 4.76. The quantitative estimate of drug-likeness (QED) is 0.743. The van der Waals surface area contributed by atoms with Gasteiger partial charge in [0.25, 0.3) is 0 Å². The van der Waals surface area contributed by atoms with E-state index in [4.69, 9.17) is 4.74 Å². The van der Waals surface area contributed by atoms with Crippen molar-refractivity contribution in [2.45, 2.75) is 20.0 Å². The highest BCUT2D eigenvalue weighted by molar-refractivity contribution is 5.29. The molecule has 2 nitrogen and oxygen atoms in total. The summed E-state index contributed by atoms with van der Waals surface area (Å²) < 4.78 is 5.44. The summed E-state index contributed by atoms with van der Waals surface area (Å²) in [6, 6.07) is 7.50. The van der Waals surface area contributed by atoms with Gasteiger partial charge in [0.15, 0.2) is 0 Å². The van der Waals surface area contributed by atoms with E-state index in [2.05, 4.69) is 0 Å². The monoisotopic (exact) mass is 192 g/mol. The molecule has 1 atom stereocenters. The number of rotatable bonds is 4. The number of aliphatic hydroxyl groups excluding tert-OH is 1. The van der Waals surface area contributed by atoms with Crippen LogP contribution in [0.1, 0.15) is 25.5 Å². The molecule has 1 rings (SSSR count). The molecule has 0 radical (unpaired) electrons. The Hall–Kier alpha value is -1.28. The van der Waals surface area contributed by atoms with Gasteiger partial charge in [0.1, 0.15) is 12.4 Å². The van der Waals surface area contributed by atoms with E-state index in [1.807, 2.05) is 43.3 Å². The molecule has 0 aliphatic rings. The van der Waals surface area contributed by atoms with Gasteiger partial charge in [-0.05, 0) is 31.5 Å². The summed E-state index contributed by atoms with van der Waals surface area (Å²) in [5.74, 6) is 0.793. The third-order valence-corrected chi connectivity index (χ3v) is 1.92. The van der Waals surface area contributed by atoms with Gasteiger partial charge < -0.3 is 9.84 Å². The van der Waals surface area contributed by atoms with Crippen LogP contribution in [-0.2, 0) is 0 Å². The van der Waals surface area contributed by atoms with Crippen molar-refractivity contribution in [1.29, 1.82) is 0 Å². The average molecular weight is 192 g/mol. The van der Waals surface area contributed by atoms with E-state index >= 15 is 0 Å². The maximum absolute atomic E-state index is 9.35. The molecule has 0 bridgehead atoms. The number of hydrogen-bond acceptors (Lipinski definition) is 2. The minimum atomic E-state index is -0.444. The Bertz CT molecular complexity index is 303. The van der Waals surface area contributed by atoms with Crippen LogP contribution >= 0.6 is 0 Å². The summed E-state index contributed by atoms with van der Waals surface area (Å²) in [5.41, 5.74) is 0.878. The Kier molecular flexibility index (Phi) is 4.20. The third kappa shape index (κ3) is 3.23. The molecule has 0 saturated heterocycles. The van der Waals surface area contributed by atoms with Gasteiger partial charge in [0.2, 0.25) is 0 Å². The molecule has 1 N–H and O–H groups in total. The second-order valence-electron chi connectivity index (χ2n) is 3.13. The Morgan fingerprint density at radius 2 is 2.29 bits per heavy atom. The lowest BCUT2D eigenvalue weighted by Gasteiger charge is -2.07. The van der Waals surface area contributed by atoms with E-state index in [9.17, 15) is 5.11 Å². The molecule has 0 aliphatic carbocycles. The highest BCUT2D eigenvalue weighted by atomic mass is 16.5. The van der Waals surface area contributed by atoms with E-state index < -0.39 is 6.10 Å². The number of ether oxygens (including phenoxy) is 1. The largest absolute Gasteiger partial charge is 0.490 e. The van der Waals surface area contributed by atoms with Crippen LogP contribution in [0.15, 0.2) is 36.4 Å². The maximum atomic E-state index is 9.35. The summed E-state index contributed by atoms with van der Waals surface area (Å²) in [6.07, 6.45) is 3.44. The lowest BCUT2D eigenvalue weighted by atomic mass is 10.1. The van der Waals surface area contributed by atoms with Gasteiger partial charge in [0.05, 0.1) is 6.10 Å². The second-order valence-corrected chi connectivity index (χ2v) is 3.13. The zero-order valence-corrected chi connectivity index (χ0v) is 8.60. The van der Waals surface area contributed by atoms with Crippen molar-refractivity contribution >= 4 is 0 Å². The van der Waals surface area contributed by atoms with Gasteiger partial charge in [-0.1, -0.05) is 24.3 Å². The summed E-state index contributed by atoms with van der Waals surface area (Å²) in [4.78, 5) is 0. The van der Waals surface area contributed by atoms with Crippen LogP contribution in [0.5, 0.6) is 5.75 Å². The molecule has 1 aromatic carbocycles. The number of benzene rings is 1. The molecule has 2 heteroatoms. The van der Waals surface area contributed by atoms with E-state index in [0.29, 0.717) is 6.61 Å². The molecule has 0 amide bonds. The molecule has 0 heterocycles. The molecule has 0 spiro atoms. The van der Waals surface area contributed by atoms with E-state index in [-0.39, 0.29) is 0 Å². The normalized spacial score (nSPS) is 13.1. The Morgan fingerprint density at radius 3 is 2.93 bits per heavy atom. The topological polar surface area (TPSA) is 29.5 Å². The Labute approximate surface area is 84.8 Å². The van der Waals surface area contributed by atoms with Crippen molar-refractivity contribution in [3.8, 4) is 5.75 Å². The zero-order chi connectivity index (χ0) is 10.4. The Morgan fingerprint density at radius 1 is 1.50 bits per heavy atom. The van der Waals surface area contributed by atoms with Crippen molar-refractivity contribution < 1.29 is 9.84 Å². The van der Waals surface area contributed by atoms with Gasteiger partial charge in [-0.3, -0.25) is 0 Å². The molecule has 1 unspecified atom stereocenters. The minimum Gasteiger partial charge on any atom is -0.490 e. The fourth-order valence-electron chi connectivity index (χ4n) is 1.10. The van der Waals surface area contributed by atoms with Crippen molar-refractivity contribution in [2.75, 3.05) is 6.61 Å². The lowest BCUT2D eigenvalue weighted by Crippen LogP contribution is -1.95. The molecular weight excluding hydrogens is 176 g/mol. The van der Waals surface area contributed by atoms with E-state index in [1.165, 1.54) is 0 Å². The first-order valence-corrected chi connectivity index (χ1v) is 4.76. The highest BCUT2D eigenvalue weighted by Gasteiger charge is 2.01. The van der Waals surface area contributed by atoms with Gasteiger partial charge in [-0.15, -0.1) is 0 Å². The summed E-state index contributed by atoms with van der Waals surface area (Å²) in [6.45, 7) is 4.26. The van der Waals surface area contributed by atoms with Crippen LogP contribution in [0.4, 0.5) is 0 Å². The smallest absolute Gasteiger partial charge is 0.120 e. The average Bonchev–Trinajstić information content (AvgIpc) is 2.19. The molecule has 0 aliphatic heterocycles. The highest BCUT2D eigenvalue weighted by Crippen LogP contribution is 2.18. The van der Waals surface area contributed by atoms with Crippen molar-refractivity contribution in [1.82, 2.24) is 0 Å². The molecule has 0 aromatic heterocycles. The number of allylic oxidation sites excluding steroid dienone is 1. The molecule has 1 aromatic rings. The molecule has 0 fully saturated rings. The number of hydrogen-bond donors (Lipinski definition) is 1. The first-order chi connectivity index (χ1) is 6.74. The van der Waals surface area contributed by atoms with E-state index in [1.54, 1.807) is 6.92 Å². The Balaban J connectivity index is 2.64. The maximum Gasteiger partial charge on any atom is 0.120 e. The van der Waals surface area contributed by atoms with Crippen LogP contribution in [0.25, 0.3) is 0 Å². The fraction of sp³-hybridized carbons (Fsp3) is 0.333. The molecule has 0 saturated carbocycles. The van der Waals surface area contributed by atoms with Gasteiger partial charge >= 0.3 is 0 Å². The van der Waals surface area contributed by atoms with Crippen molar-refractivity contribution in [2.24, 2.45) is 0 Å². The molecular formula is C12H16O2. The third-order valence-electron chi connectivity index (χ3n) is 1.92. The summed E-state index contributed by atoms with van der Waals surface area (Å²) >= 11 is 0. The number of aliphatic hydroxyl groups is 1. The lowest BCUT2D eigenvalue weighted by molar-refractivity contribution is 0.198. The van der Waals surface area contributed by atoms with Crippen LogP contribution in [0.3, 0.4) is 0 Å². The SMILES string of the molecule is C/C=C/COc1cccc(C(C)O)c1. The van der Waals surface area contributed by atoms with Crippen molar-refractivity contribution in [3.05, 3.63) is 42.0 Å². The molecule has 14 heavy (non-hydrogen) atoms. The van der Waals surface area contributed by atoms with Crippen molar-refractivity contribution in [3.63, 3.8) is 0 Å². The van der Waals surface area contributed by atoms with Crippen LogP contribution < -0.4 is 4.74 Å². The molecule has 76 valence electrons. The van der Waals surface area contributed by atoms with Gasteiger partial charge in [-0.2, -0.15) is 0 Å².